The SMILES string of the molecule is Cl.NCC1CCN(C(=O)COCC(F)(F)F)C1. The predicted octanol–water partition coefficient (Wildman–Crippen LogP) is 0.794. The Morgan fingerprint density at radius 2 is 2.12 bits per heavy atom. The number of likely N-dealkylation sites (tertiary alicyclic amines) is 1. The van der Waals surface area contributed by atoms with Crippen LogP contribution in [0.25, 0.3) is 0 Å². The van der Waals surface area contributed by atoms with E-state index in [9.17, 15) is 18.0 Å². The molecule has 0 spiro atoms. The summed E-state index contributed by atoms with van der Waals surface area (Å²) in [6.45, 7) is -0.336. The zero-order chi connectivity index (χ0) is 12.2. The lowest BCUT2D eigenvalue weighted by Crippen LogP contribution is -2.34. The van der Waals surface area contributed by atoms with Crippen LogP contribution in [0.15, 0.2) is 0 Å². The summed E-state index contributed by atoms with van der Waals surface area (Å²) in [4.78, 5) is 12.9. The number of hydrogen-bond acceptors (Lipinski definition) is 3. The molecular weight excluding hydrogens is 261 g/mol. The fourth-order valence-electron chi connectivity index (χ4n) is 1.60. The highest BCUT2D eigenvalue weighted by atomic mass is 35.5. The first-order chi connectivity index (χ1) is 7.42. The van der Waals surface area contributed by atoms with Gasteiger partial charge in [0.25, 0.3) is 0 Å². The summed E-state index contributed by atoms with van der Waals surface area (Å²) in [6, 6.07) is 0. The number of rotatable bonds is 4. The molecule has 1 amide bonds. The maximum Gasteiger partial charge on any atom is 0.411 e. The third-order valence-corrected chi connectivity index (χ3v) is 2.46. The molecule has 0 aromatic carbocycles. The molecule has 1 fully saturated rings. The fraction of sp³-hybridized carbons (Fsp3) is 0.889. The molecule has 0 aromatic rings. The van der Waals surface area contributed by atoms with Gasteiger partial charge in [0, 0.05) is 13.1 Å². The Labute approximate surface area is 104 Å². The third kappa shape index (κ3) is 6.09. The lowest BCUT2D eigenvalue weighted by Gasteiger charge is -2.16. The molecule has 1 unspecified atom stereocenters. The van der Waals surface area contributed by atoms with Gasteiger partial charge in [0.2, 0.25) is 5.91 Å². The van der Waals surface area contributed by atoms with E-state index in [0.717, 1.165) is 6.42 Å². The van der Waals surface area contributed by atoms with E-state index >= 15 is 0 Å². The smallest absolute Gasteiger partial charge is 0.362 e. The lowest BCUT2D eigenvalue weighted by molar-refractivity contribution is -0.177. The van der Waals surface area contributed by atoms with Crippen molar-refractivity contribution < 1.29 is 22.7 Å². The highest BCUT2D eigenvalue weighted by Crippen LogP contribution is 2.16. The van der Waals surface area contributed by atoms with Gasteiger partial charge in [-0.05, 0) is 18.9 Å². The number of nitrogens with two attached hydrogens (primary N) is 1. The molecule has 0 radical (unpaired) electrons. The largest absolute Gasteiger partial charge is 0.411 e. The molecule has 1 rings (SSSR count). The van der Waals surface area contributed by atoms with Crippen LogP contribution in [0.3, 0.4) is 0 Å². The zero-order valence-corrected chi connectivity index (χ0v) is 10.0. The Hall–Kier alpha value is -0.530. The van der Waals surface area contributed by atoms with Crippen LogP contribution >= 0.6 is 12.4 Å². The van der Waals surface area contributed by atoms with E-state index in [4.69, 9.17) is 5.73 Å². The number of hydrogen-bond donors (Lipinski definition) is 1. The molecule has 8 heteroatoms. The summed E-state index contributed by atoms with van der Waals surface area (Å²) in [7, 11) is 0. The minimum absolute atomic E-state index is 0. The normalized spacial score (nSPS) is 20.2. The number of halogens is 4. The Bertz CT molecular complexity index is 251. The van der Waals surface area contributed by atoms with Gasteiger partial charge < -0.3 is 15.4 Å². The second-order valence-electron chi connectivity index (χ2n) is 3.84. The monoisotopic (exact) mass is 276 g/mol. The molecular formula is C9H16ClF3N2O2. The Morgan fingerprint density at radius 1 is 1.47 bits per heavy atom. The van der Waals surface area contributed by atoms with Crippen molar-refractivity contribution >= 4 is 18.3 Å². The third-order valence-electron chi connectivity index (χ3n) is 2.46. The van der Waals surface area contributed by atoms with Gasteiger partial charge in [-0.15, -0.1) is 12.4 Å². The molecule has 0 saturated carbocycles. The predicted molar refractivity (Wildman–Crippen MR) is 57.9 cm³/mol. The Morgan fingerprint density at radius 3 is 2.59 bits per heavy atom. The average Bonchev–Trinajstić information content (AvgIpc) is 2.63. The molecule has 102 valence electrons. The molecule has 0 aliphatic carbocycles. The molecule has 1 aliphatic heterocycles. The van der Waals surface area contributed by atoms with E-state index in [1.807, 2.05) is 0 Å². The van der Waals surface area contributed by atoms with Crippen molar-refractivity contribution in [1.82, 2.24) is 4.90 Å². The maximum atomic E-state index is 11.7. The highest BCUT2D eigenvalue weighted by molar-refractivity contribution is 5.85. The van der Waals surface area contributed by atoms with Gasteiger partial charge in [0.15, 0.2) is 0 Å². The van der Waals surface area contributed by atoms with Gasteiger partial charge in [-0.25, -0.2) is 0 Å². The fourth-order valence-corrected chi connectivity index (χ4v) is 1.60. The summed E-state index contributed by atoms with van der Waals surface area (Å²) in [6.07, 6.45) is -3.58. The average molecular weight is 277 g/mol. The quantitative estimate of drug-likeness (QED) is 0.826. The zero-order valence-electron chi connectivity index (χ0n) is 9.20. The summed E-state index contributed by atoms with van der Waals surface area (Å²) in [5.41, 5.74) is 5.44. The highest BCUT2D eigenvalue weighted by Gasteiger charge is 2.29. The van der Waals surface area contributed by atoms with Crippen molar-refractivity contribution in [1.29, 1.82) is 0 Å². The maximum absolute atomic E-state index is 11.7. The van der Waals surface area contributed by atoms with Crippen LogP contribution in [0, 0.1) is 5.92 Å². The van der Waals surface area contributed by atoms with E-state index in [2.05, 4.69) is 4.74 Å². The van der Waals surface area contributed by atoms with E-state index in [1.54, 1.807) is 0 Å². The van der Waals surface area contributed by atoms with E-state index < -0.39 is 25.3 Å². The first-order valence-corrected chi connectivity index (χ1v) is 5.04. The molecule has 17 heavy (non-hydrogen) atoms. The summed E-state index contributed by atoms with van der Waals surface area (Å²) in [5, 5.41) is 0. The summed E-state index contributed by atoms with van der Waals surface area (Å²) in [5.74, 6) is -0.147. The molecule has 4 nitrogen and oxygen atoms in total. The van der Waals surface area contributed by atoms with Crippen molar-refractivity contribution in [3.8, 4) is 0 Å². The Balaban J connectivity index is 0.00000256. The van der Waals surface area contributed by atoms with Crippen LogP contribution in [0.1, 0.15) is 6.42 Å². The molecule has 1 aliphatic rings. The summed E-state index contributed by atoms with van der Waals surface area (Å²) < 4.78 is 39.5. The van der Waals surface area contributed by atoms with Crippen LogP contribution in [0.4, 0.5) is 13.2 Å². The van der Waals surface area contributed by atoms with Gasteiger partial charge in [-0.1, -0.05) is 0 Å². The van der Waals surface area contributed by atoms with E-state index in [1.165, 1.54) is 4.90 Å². The first kappa shape index (κ1) is 16.5. The van der Waals surface area contributed by atoms with Gasteiger partial charge in [-0.3, -0.25) is 4.79 Å². The minimum Gasteiger partial charge on any atom is -0.362 e. The molecule has 1 atom stereocenters. The second-order valence-corrected chi connectivity index (χ2v) is 3.84. The molecule has 1 heterocycles. The standard InChI is InChI=1S/C9H15F3N2O2.ClH/c10-9(11,12)6-16-5-8(15)14-2-1-7(3-13)4-14;/h7H,1-6,13H2;1H. The van der Waals surface area contributed by atoms with Crippen LogP contribution < -0.4 is 5.73 Å². The van der Waals surface area contributed by atoms with Crippen LogP contribution in [-0.4, -0.2) is 49.8 Å². The van der Waals surface area contributed by atoms with Crippen LogP contribution in [0.2, 0.25) is 0 Å². The molecule has 2 N–H and O–H groups in total. The van der Waals surface area contributed by atoms with Crippen LogP contribution in [-0.2, 0) is 9.53 Å². The van der Waals surface area contributed by atoms with Crippen molar-refractivity contribution in [2.75, 3.05) is 32.8 Å². The van der Waals surface area contributed by atoms with Gasteiger partial charge >= 0.3 is 6.18 Å². The van der Waals surface area contributed by atoms with E-state index in [0.29, 0.717) is 19.6 Å². The number of amides is 1. The van der Waals surface area contributed by atoms with Gasteiger partial charge in [-0.2, -0.15) is 13.2 Å². The Kier molecular flexibility index (Phi) is 6.81. The minimum atomic E-state index is -4.38. The van der Waals surface area contributed by atoms with Crippen molar-refractivity contribution in [3.05, 3.63) is 0 Å². The first-order valence-electron chi connectivity index (χ1n) is 5.04. The number of nitrogens with zero attached hydrogens (tertiary/aromatic N) is 1. The number of carbonyl (C=O) groups excluding carboxylic acids is 1. The second kappa shape index (κ2) is 7.03. The molecule has 0 bridgehead atoms. The number of carbonyl (C=O) groups is 1. The van der Waals surface area contributed by atoms with Crippen LogP contribution in [0.5, 0.6) is 0 Å². The summed E-state index contributed by atoms with van der Waals surface area (Å²) >= 11 is 0. The topological polar surface area (TPSA) is 55.6 Å². The lowest BCUT2D eigenvalue weighted by atomic mass is 10.1. The van der Waals surface area contributed by atoms with Crippen molar-refractivity contribution in [2.45, 2.75) is 12.6 Å². The van der Waals surface area contributed by atoms with E-state index in [-0.39, 0.29) is 18.3 Å². The van der Waals surface area contributed by atoms with Crippen molar-refractivity contribution in [2.24, 2.45) is 11.7 Å². The van der Waals surface area contributed by atoms with Crippen molar-refractivity contribution in [3.63, 3.8) is 0 Å². The molecule has 1 saturated heterocycles. The number of ether oxygens (including phenoxy) is 1. The molecule has 0 aromatic heterocycles. The van der Waals surface area contributed by atoms with Gasteiger partial charge in [0.1, 0.15) is 13.2 Å². The number of alkyl halides is 3. The van der Waals surface area contributed by atoms with Gasteiger partial charge in [0.05, 0.1) is 0 Å².